The van der Waals surface area contributed by atoms with Gasteiger partial charge in [-0.05, 0) is 69.0 Å². The Hall–Kier alpha value is -2.70. The predicted octanol–water partition coefficient (Wildman–Crippen LogP) is 3.60. The van der Waals surface area contributed by atoms with Crippen molar-refractivity contribution in [3.63, 3.8) is 0 Å². The summed E-state index contributed by atoms with van der Waals surface area (Å²) in [7, 11) is 4.05. The van der Waals surface area contributed by atoms with E-state index in [9.17, 15) is 4.79 Å². The minimum atomic E-state index is -0.0753. The van der Waals surface area contributed by atoms with Crippen LogP contribution in [-0.2, 0) is 6.54 Å². The molecule has 0 saturated carbocycles. The summed E-state index contributed by atoms with van der Waals surface area (Å²) in [5, 5.41) is 4.92. The molecule has 0 aliphatic heterocycles. The molecule has 0 unspecified atom stereocenters. The van der Waals surface area contributed by atoms with Crippen LogP contribution in [-0.4, -0.2) is 47.1 Å². The lowest BCUT2D eigenvalue weighted by Gasteiger charge is -2.27. The van der Waals surface area contributed by atoms with Crippen molar-refractivity contribution in [1.82, 2.24) is 14.8 Å². The third kappa shape index (κ3) is 5.18. The fraction of sp³-hybridized carbons (Fsp3) is 0.273. The van der Waals surface area contributed by atoms with Gasteiger partial charge in [-0.15, -0.1) is 0 Å². The number of hydrogen-bond acceptors (Lipinski definition) is 3. The van der Waals surface area contributed by atoms with Gasteiger partial charge in [-0.1, -0.05) is 29.8 Å². The van der Waals surface area contributed by atoms with Crippen molar-refractivity contribution < 1.29 is 0 Å². The lowest BCUT2D eigenvalue weighted by Crippen LogP contribution is -2.40. The largest absolute Gasteiger partial charge is 0.343 e. The van der Waals surface area contributed by atoms with Crippen LogP contribution < -0.4 is 10.9 Å². The van der Waals surface area contributed by atoms with Gasteiger partial charge >= 0.3 is 0 Å². The molecule has 3 rings (SSSR count). The summed E-state index contributed by atoms with van der Waals surface area (Å²) in [6, 6.07) is 17.8. The first-order valence-electron chi connectivity index (χ1n) is 9.30. The van der Waals surface area contributed by atoms with Crippen LogP contribution in [0.15, 0.2) is 59.4 Å². The third-order valence-corrected chi connectivity index (χ3v) is 4.93. The van der Waals surface area contributed by atoms with E-state index in [1.165, 1.54) is 0 Å². The normalized spacial score (nSPS) is 11.0. The number of thiocarbonyl (C=S) groups is 1. The average Bonchev–Trinajstić information content (AvgIpc) is 2.66. The van der Waals surface area contributed by atoms with Crippen LogP contribution in [0.2, 0.25) is 0 Å². The first kappa shape index (κ1) is 20.0. The molecule has 0 aliphatic carbocycles. The van der Waals surface area contributed by atoms with E-state index in [2.05, 4.69) is 21.3 Å². The van der Waals surface area contributed by atoms with Gasteiger partial charge < -0.3 is 20.1 Å². The van der Waals surface area contributed by atoms with Crippen LogP contribution in [0.1, 0.15) is 11.1 Å². The molecule has 0 aliphatic rings. The number of nitrogens with zero attached hydrogens (tertiary/aromatic N) is 2. The number of H-pyrrole nitrogens is 1. The molecular formula is C22H26N4OS. The van der Waals surface area contributed by atoms with E-state index in [0.717, 1.165) is 35.2 Å². The minimum Gasteiger partial charge on any atom is -0.343 e. The van der Waals surface area contributed by atoms with Crippen LogP contribution in [0.5, 0.6) is 0 Å². The van der Waals surface area contributed by atoms with Gasteiger partial charge in [-0.3, -0.25) is 4.79 Å². The maximum absolute atomic E-state index is 12.6. The summed E-state index contributed by atoms with van der Waals surface area (Å²) in [6.45, 7) is 4.05. The number of fused-ring (bicyclic) bond motifs is 1. The Kier molecular flexibility index (Phi) is 6.44. The van der Waals surface area contributed by atoms with Crippen LogP contribution in [0.3, 0.4) is 0 Å². The van der Waals surface area contributed by atoms with Crippen molar-refractivity contribution in [3.8, 4) is 0 Å². The Morgan fingerprint density at radius 3 is 2.54 bits per heavy atom. The monoisotopic (exact) mass is 394 g/mol. The Bertz CT molecular complexity index is 1010. The predicted molar refractivity (Wildman–Crippen MR) is 121 cm³/mol. The fourth-order valence-electron chi connectivity index (χ4n) is 2.99. The summed E-state index contributed by atoms with van der Waals surface area (Å²) in [4.78, 5) is 19.7. The number of aromatic nitrogens is 1. The third-order valence-electron chi connectivity index (χ3n) is 4.57. The molecule has 5 nitrogen and oxygen atoms in total. The maximum Gasteiger partial charge on any atom is 0.253 e. The van der Waals surface area contributed by atoms with Gasteiger partial charge in [0, 0.05) is 29.9 Å². The molecule has 0 fully saturated rings. The van der Waals surface area contributed by atoms with Gasteiger partial charge in [0.05, 0.1) is 6.54 Å². The molecule has 0 bridgehead atoms. The summed E-state index contributed by atoms with van der Waals surface area (Å²) in [5.41, 5.74) is 3.58. The van der Waals surface area contributed by atoms with Crippen LogP contribution >= 0.6 is 12.2 Å². The highest BCUT2D eigenvalue weighted by Gasteiger charge is 2.14. The molecule has 1 heterocycles. The number of benzene rings is 2. The Morgan fingerprint density at radius 2 is 1.82 bits per heavy atom. The highest BCUT2D eigenvalue weighted by Crippen LogP contribution is 2.15. The quantitative estimate of drug-likeness (QED) is 0.626. The second-order valence-electron chi connectivity index (χ2n) is 7.24. The molecule has 0 amide bonds. The summed E-state index contributed by atoms with van der Waals surface area (Å²) in [5.74, 6) is 0. The van der Waals surface area contributed by atoms with Crippen molar-refractivity contribution in [2.24, 2.45) is 0 Å². The SMILES string of the molecule is Cc1ccc2[nH]c(=O)c(CN(CCN(C)C)C(=S)Nc3ccccc3)cc2c1. The molecule has 2 aromatic carbocycles. The fourth-order valence-corrected chi connectivity index (χ4v) is 3.27. The first-order valence-corrected chi connectivity index (χ1v) is 9.71. The minimum absolute atomic E-state index is 0.0753. The lowest BCUT2D eigenvalue weighted by atomic mass is 10.1. The van der Waals surface area contributed by atoms with E-state index in [0.29, 0.717) is 17.2 Å². The molecule has 0 saturated heterocycles. The first-order chi connectivity index (χ1) is 13.4. The van der Waals surface area contributed by atoms with Gasteiger partial charge in [-0.2, -0.15) is 0 Å². The Balaban J connectivity index is 1.86. The maximum atomic E-state index is 12.6. The molecule has 0 atom stereocenters. The van der Waals surface area contributed by atoms with E-state index < -0.39 is 0 Å². The summed E-state index contributed by atoms with van der Waals surface area (Å²) < 4.78 is 0. The number of aryl methyl sites for hydroxylation is 1. The molecular weight excluding hydrogens is 368 g/mol. The van der Waals surface area contributed by atoms with E-state index in [1.54, 1.807) is 0 Å². The van der Waals surface area contributed by atoms with Crippen molar-refractivity contribution in [2.45, 2.75) is 13.5 Å². The number of aromatic amines is 1. The van der Waals surface area contributed by atoms with Crippen LogP contribution in [0.25, 0.3) is 10.9 Å². The van der Waals surface area contributed by atoms with Gasteiger partial charge in [0.15, 0.2) is 5.11 Å². The molecule has 2 N–H and O–H groups in total. The van der Waals surface area contributed by atoms with Crippen LogP contribution in [0.4, 0.5) is 5.69 Å². The van der Waals surface area contributed by atoms with Crippen molar-refractivity contribution in [3.05, 3.63) is 76.1 Å². The zero-order chi connectivity index (χ0) is 20.1. The van der Waals surface area contributed by atoms with Gasteiger partial charge in [-0.25, -0.2) is 0 Å². The zero-order valence-corrected chi connectivity index (χ0v) is 17.3. The molecule has 0 spiro atoms. The lowest BCUT2D eigenvalue weighted by molar-refractivity contribution is 0.327. The second kappa shape index (κ2) is 8.99. The van der Waals surface area contributed by atoms with Crippen molar-refractivity contribution in [2.75, 3.05) is 32.5 Å². The molecule has 146 valence electrons. The number of likely N-dealkylation sites (N-methyl/N-ethyl adjacent to an activating group) is 1. The van der Waals surface area contributed by atoms with E-state index >= 15 is 0 Å². The number of rotatable bonds is 6. The van der Waals surface area contributed by atoms with Crippen LogP contribution in [0, 0.1) is 6.92 Å². The van der Waals surface area contributed by atoms with E-state index in [1.807, 2.05) is 74.4 Å². The van der Waals surface area contributed by atoms with Gasteiger partial charge in [0.1, 0.15) is 0 Å². The number of anilines is 1. The Morgan fingerprint density at radius 1 is 1.07 bits per heavy atom. The highest BCUT2D eigenvalue weighted by atomic mass is 32.1. The molecule has 1 aromatic heterocycles. The zero-order valence-electron chi connectivity index (χ0n) is 16.5. The molecule has 6 heteroatoms. The number of para-hydroxylation sites is 1. The van der Waals surface area contributed by atoms with Crippen molar-refractivity contribution in [1.29, 1.82) is 0 Å². The summed E-state index contributed by atoms with van der Waals surface area (Å²) >= 11 is 5.65. The van der Waals surface area contributed by atoms with E-state index in [-0.39, 0.29) is 5.56 Å². The number of pyridine rings is 1. The highest BCUT2D eigenvalue weighted by molar-refractivity contribution is 7.80. The average molecular weight is 395 g/mol. The summed E-state index contributed by atoms with van der Waals surface area (Å²) in [6.07, 6.45) is 0. The van der Waals surface area contributed by atoms with Crippen molar-refractivity contribution >= 4 is 33.9 Å². The molecule has 3 aromatic rings. The number of nitrogens with one attached hydrogen (secondary N) is 2. The topological polar surface area (TPSA) is 51.4 Å². The van der Waals surface area contributed by atoms with Gasteiger partial charge in [0.2, 0.25) is 0 Å². The molecule has 0 radical (unpaired) electrons. The molecule has 28 heavy (non-hydrogen) atoms. The standard InChI is InChI=1S/C22H26N4OS/c1-16-9-10-20-17(13-16)14-18(21(27)24-20)15-26(12-11-25(2)3)22(28)23-19-7-5-4-6-8-19/h4-10,13-14H,11-12,15H2,1-3H3,(H,23,28)(H,24,27). The van der Waals surface area contributed by atoms with E-state index in [4.69, 9.17) is 12.2 Å². The number of hydrogen-bond donors (Lipinski definition) is 2. The smallest absolute Gasteiger partial charge is 0.253 e. The Labute approximate surface area is 171 Å². The second-order valence-corrected chi connectivity index (χ2v) is 7.62. The van der Waals surface area contributed by atoms with Gasteiger partial charge in [0.25, 0.3) is 5.56 Å².